The molecule has 4 rings (SSSR count). The number of methoxy groups -OCH3 is 1. The molecule has 0 saturated heterocycles. The van der Waals surface area contributed by atoms with Crippen molar-refractivity contribution in [3.8, 4) is 5.75 Å². The maximum absolute atomic E-state index is 14.6. The van der Waals surface area contributed by atoms with Crippen LogP contribution in [-0.4, -0.2) is 32.4 Å². The molecule has 0 spiro atoms. The quantitative estimate of drug-likeness (QED) is 0.406. The van der Waals surface area contributed by atoms with E-state index >= 15 is 0 Å². The van der Waals surface area contributed by atoms with Gasteiger partial charge in [-0.3, -0.25) is 13.7 Å². The van der Waals surface area contributed by atoms with Crippen molar-refractivity contribution in [2.75, 3.05) is 23.8 Å². The third kappa shape index (κ3) is 4.52. The number of aryl methyl sites for hydroxylation is 1. The highest BCUT2D eigenvalue weighted by Crippen LogP contribution is 2.48. The first-order valence-corrected chi connectivity index (χ1v) is 13.2. The Balaban J connectivity index is 1.71. The maximum Gasteiger partial charge on any atom is 0.254 e. The Labute approximate surface area is 211 Å². The number of hydrogen-bond donors (Lipinski definition) is 1. The molecule has 1 aliphatic rings. The maximum atomic E-state index is 14.6. The molecule has 0 radical (unpaired) electrons. The summed E-state index contributed by atoms with van der Waals surface area (Å²) in [4.78, 5) is 12.6. The molecule has 180 valence electrons. The van der Waals surface area contributed by atoms with Crippen molar-refractivity contribution in [3.05, 3.63) is 79.4 Å². The monoisotopic (exact) mass is 597 g/mol. The number of ether oxygens (including phenoxy) is 1. The molecule has 2 atom stereocenters. The Hall–Kier alpha value is -2.60. The van der Waals surface area contributed by atoms with Gasteiger partial charge in [-0.2, -0.15) is 0 Å². The summed E-state index contributed by atoms with van der Waals surface area (Å²) in [6.45, 7) is 1.62. The van der Waals surface area contributed by atoms with Gasteiger partial charge in [0.1, 0.15) is 17.4 Å². The Kier molecular flexibility index (Phi) is 6.65. The number of pyridine rings is 1. The van der Waals surface area contributed by atoms with Crippen LogP contribution in [0.3, 0.4) is 0 Å². The SMILES string of the molecule is COc1cccc(C2CC2S(=O)(=O)N(C)c2cc(C)c(=O)n(C)c2Nc2ccc(I)cc2F)c1. The van der Waals surface area contributed by atoms with Crippen LogP contribution in [-0.2, 0) is 17.1 Å². The van der Waals surface area contributed by atoms with Crippen LogP contribution in [0.25, 0.3) is 0 Å². The summed E-state index contributed by atoms with van der Waals surface area (Å²) in [5.41, 5.74) is 1.40. The summed E-state index contributed by atoms with van der Waals surface area (Å²) in [6, 6.07) is 13.6. The Morgan fingerprint density at radius 2 is 1.94 bits per heavy atom. The second-order valence-electron chi connectivity index (χ2n) is 8.34. The minimum atomic E-state index is -3.77. The van der Waals surface area contributed by atoms with Crippen LogP contribution in [0.2, 0.25) is 0 Å². The predicted octanol–water partition coefficient (Wildman–Crippen LogP) is 4.51. The van der Waals surface area contributed by atoms with Crippen LogP contribution in [0, 0.1) is 16.3 Å². The van der Waals surface area contributed by atoms with Crippen molar-refractivity contribution in [2.24, 2.45) is 7.05 Å². The van der Waals surface area contributed by atoms with Gasteiger partial charge in [0.15, 0.2) is 0 Å². The number of halogens is 2. The normalized spacial score (nSPS) is 17.4. The lowest BCUT2D eigenvalue weighted by Gasteiger charge is -2.25. The van der Waals surface area contributed by atoms with Crippen LogP contribution in [0.5, 0.6) is 5.75 Å². The van der Waals surface area contributed by atoms with Crippen LogP contribution >= 0.6 is 22.6 Å². The third-order valence-electron chi connectivity index (χ3n) is 6.11. The van der Waals surface area contributed by atoms with Crippen LogP contribution < -0.4 is 19.9 Å². The fourth-order valence-electron chi connectivity index (χ4n) is 4.04. The average Bonchev–Trinajstić information content (AvgIpc) is 3.62. The van der Waals surface area contributed by atoms with Crippen molar-refractivity contribution < 1.29 is 17.5 Å². The molecule has 0 bridgehead atoms. The van der Waals surface area contributed by atoms with Gasteiger partial charge in [-0.05, 0) is 77.9 Å². The van der Waals surface area contributed by atoms with Crippen molar-refractivity contribution in [3.63, 3.8) is 0 Å². The predicted molar refractivity (Wildman–Crippen MR) is 140 cm³/mol. The second-order valence-corrected chi connectivity index (χ2v) is 11.8. The zero-order valence-corrected chi connectivity index (χ0v) is 22.1. The van der Waals surface area contributed by atoms with E-state index in [-0.39, 0.29) is 28.7 Å². The van der Waals surface area contributed by atoms with Crippen LogP contribution in [0.1, 0.15) is 23.5 Å². The number of sulfonamides is 1. The molecule has 2 unspecified atom stereocenters. The van der Waals surface area contributed by atoms with E-state index in [4.69, 9.17) is 4.74 Å². The highest BCUT2D eigenvalue weighted by molar-refractivity contribution is 14.1. The number of benzene rings is 2. The first kappa shape index (κ1) is 24.5. The van der Waals surface area contributed by atoms with E-state index in [1.54, 1.807) is 26.2 Å². The molecular weight excluding hydrogens is 572 g/mol. The largest absolute Gasteiger partial charge is 0.497 e. The molecular formula is C24H25FIN3O4S. The molecule has 0 aliphatic heterocycles. The topological polar surface area (TPSA) is 80.6 Å². The second kappa shape index (κ2) is 9.21. The summed E-state index contributed by atoms with van der Waals surface area (Å²) in [5, 5.41) is 2.33. The third-order valence-corrected chi connectivity index (χ3v) is 9.03. The zero-order chi connectivity index (χ0) is 24.8. The van der Waals surface area contributed by atoms with Crippen LogP contribution in [0.4, 0.5) is 21.6 Å². The van der Waals surface area contributed by atoms with Gasteiger partial charge in [0.25, 0.3) is 5.56 Å². The summed E-state index contributed by atoms with van der Waals surface area (Å²) < 4.78 is 50.2. The van der Waals surface area contributed by atoms with E-state index < -0.39 is 21.1 Å². The summed E-state index contributed by atoms with van der Waals surface area (Å²) in [6.07, 6.45) is 0.485. The molecule has 1 heterocycles. The smallest absolute Gasteiger partial charge is 0.254 e. The molecule has 34 heavy (non-hydrogen) atoms. The highest BCUT2D eigenvalue weighted by atomic mass is 127. The number of nitrogens with zero attached hydrogens (tertiary/aromatic N) is 2. The van der Waals surface area contributed by atoms with Gasteiger partial charge in [0, 0.05) is 29.1 Å². The van der Waals surface area contributed by atoms with Gasteiger partial charge < -0.3 is 10.1 Å². The van der Waals surface area contributed by atoms with Gasteiger partial charge in [0.2, 0.25) is 10.0 Å². The summed E-state index contributed by atoms with van der Waals surface area (Å²) in [7, 11) is 0.792. The van der Waals surface area contributed by atoms with E-state index in [0.29, 0.717) is 17.7 Å². The first-order chi connectivity index (χ1) is 16.0. The number of nitrogens with one attached hydrogen (secondary N) is 1. The number of aromatic nitrogens is 1. The minimum Gasteiger partial charge on any atom is -0.497 e. The van der Waals surface area contributed by atoms with Crippen molar-refractivity contribution in [1.82, 2.24) is 4.57 Å². The molecule has 0 amide bonds. The van der Waals surface area contributed by atoms with Gasteiger partial charge in [-0.1, -0.05) is 12.1 Å². The van der Waals surface area contributed by atoms with Gasteiger partial charge in [0.05, 0.1) is 23.7 Å². The standard InChI is InChI=1S/C24H25FIN3O4S/c1-14-10-21(23(28(2)24(14)30)27-20-9-8-16(26)12-19(20)25)29(3)34(31,32)22-13-18(22)15-6-5-7-17(11-15)33-4/h5-12,18,22,27H,13H2,1-4H3. The fraction of sp³-hybridized carbons (Fsp3) is 0.292. The summed E-state index contributed by atoms with van der Waals surface area (Å²) >= 11 is 2.00. The lowest BCUT2D eigenvalue weighted by atomic mass is 10.1. The van der Waals surface area contributed by atoms with Crippen molar-refractivity contribution >= 4 is 49.8 Å². The number of anilines is 3. The van der Waals surface area contributed by atoms with Gasteiger partial charge in [-0.15, -0.1) is 0 Å². The molecule has 1 saturated carbocycles. The molecule has 1 aromatic heterocycles. The van der Waals surface area contributed by atoms with Gasteiger partial charge >= 0.3 is 0 Å². The van der Waals surface area contributed by atoms with E-state index in [1.807, 2.05) is 46.9 Å². The molecule has 10 heteroatoms. The lowest BCUT2D eigenvalue weighted by Crippen LogP contribution is -2.33. The molecule has 7 nitrogen and oxygen atoms in total. The molecule has 3 aromatic rings. The van der Waals surface area contributed by atoms with E-state index in [9.17, 15) is 17.6 Å². The van der Waals surface area contributed by atoms with E-state index in [0.717, 1.165) is 9.13 Å². The molecule has 1 aliphatic carbocycles. The van der Waals surface area contributed by atoms with Gasteiger partial charge in [-0.25, -0.2) is 12.8 Å². The first-order valence-electron chi connectivity index (χ1n) is 10.6. The number of rotatable bonds is 7. The van der Waals surface area contributed by atoms with Crippen molar-refractivity contribution in [1.29, 1.82) is 0 Å². The average molecular weight is 597 g/mol. The van der Waals surface area contributed by atoms with Crippen LogP contribution in [0.15, 0.2) is 53.3 Å². The summed E-state index contributed by atoms with van der Waals surface area (Å²) in [5.74, 6) is 0.215. The minimum absolute atomic E-state index is 0.145. The zero-order valence-electron chi connectivity index (χ0n) is 19.2. The highest BCUT2D eigenvalue weighted by Gasteiger charge is 2.50. The van der Waals surface area contributed by atoms with E-state index in [2.05, 4.69) is 5.32 Å². The number of hydrogen-bond acceptors (Lipinski definition) is 5. The van der Waals surface area contributed by atoms with Crippen molar-refractivity contribution in [2.45, 2.75) is 24.5 Å². The molecule has 1 N–H and O–H groups in total. The Morgan fingerprint density at radius 3 is 2.62 bits per heavy atom. The fourth-order valence-corrected chi connectivity index (χ4v) is 6.34. The molecule has 2 aromatic carbocycles. The Bertz CT molecular complexity index is 1420. The van der Waals surface area contributed by atoms with E-state index in [1.165, 1.54) is 35.1 Å². The molecule has 1 fully saturated rings. The lowest BCUT2D eigenvalue weighted by molar-refractivity contribution is 0.414. The Morgan fingerprint density at radius 1 is 1.21 bits per heavy atom.